The molecule has 1 saturated carbocycles. The Hall–Kier alpha value is -0.0400. The van der Waals surface area contributed by atoms with Gasteiger partial charge in [-0.3, -0.25) is 0 Å². The molecule has 0 spiro atoms. The van der Waals surface area contributed by atoms with Crippen molar-refractivity contribution in [2.24, 2.45) is 11.8 Å². The molecule has 2 saturated heterocycles. The van der Waals surface area contributed by atoms with E-state index in [0.29, 0.717) is 12.2 Å². The SMILES string of the molecule is C1CC[C@H]2[C@@H](C1)[C@@H]1CC[C@H]2O1. The quantitative estimate of drug-likeness (QED) is 0.517. The molecule has 0 unspecified atom stereocenters. The lowest BCUT2D eigenvalue weighted by Gasteiger charge is -2.31. The van der Waals surface area contributed by atoms with Crippen LogP contribution in [0.15, 0.2) is 0 Å². The summed E-state index contributed by atoms with van der Waals surface area (Å²) in [4.78, 5) is 0. The molecule has 1 nitrogen and oxygen atoms in total. The summed E-state index contributed by atoms with van der Waals surface area (Å²) in [5.41, 5.74) is 0. The first kappa shape index (κ1) is 6.47. The van der Waals surface area contributed by atoms with E-state index in [1.54, 1.807) is 0 Å². The molecule has 3 aliphatic rings. The van der Waals surface area contributed by atoms with Crippen LogP contribution < -0.4 is 0 Å². The van der Waals surface area contributed by atoms with Crippen LogP contribution in [-0.4, -0.2) is 12.2 Å². The number of rotatable bonds is 0. The predicted molar refractivity (Wildman–Crippen MR) is 43.3 cm³/mol. The zero-order valence-electron chi connectivity index (χ0n) is 6.96. The second-order valence-corrected chi connectivity index (χ2v) is 4.40. The molecule has 2 heterocycles. The Morgan fingerprint density at radius 2 is 1.27 bits per heavy atom. The summed E-state index contributed by atoms with van der Waals surface area (Å²) in [5.74, 6) is 1.95. The molecule has 1 aliphatic carbocycles. The fourth-order valence-corrected chi connectivity index (χ4v) is 3.43. The van der Waals surface area contributed by atoms with Gasteiger partial charge in [-0.05, 0) is 37.5 Å². The monoisotopic (exact) mass is 152 g/mol. The third-order valence-electron chi connectivity index (χ3n) is 3.92. The highest BCUT2D eigenvalue weighted by atomic mass is 16.5. The van der Waals surface area contributed by atoms with Gasteiger partial charge in [0.15, 0.2) is 0 Å². The fourth-order valence-electron chi connectivity index (χ4n) is 3.43. The predicted octanol–water partition coefficient (Wildman–Crippen LogP) is 2.35. The molecule has 3 rings (SSSR count). The maximum absolute atomic E-state index is 5.92. The zero-order chi connectivity index (χ0) is 7.26. The van der Waals surface area contributed by atoms with Gasteiger partial charge in [0.05, 0.1) is 12.2 Å². The van der Waals surface area contributed by atoms with Gasteiger partial charge in [0.1, 0.15) is 0 Å². The number of hydrogen-bond acceptors (Lipinski definition) is 1. The normalized spacial score (nSPS) is 54.5. The van der Waals surface area contributed by atoms with Crippen molar-refractivity contribution >= 4 is 0 Å². The van der Waals surface area contributed by atoms with Crippen LogP contribution >= 0.6 is 0 Å². The molecule has 0 radical (unpaired) electrons. The van der Waals surface area contributed by atoms with Gasteiger partial charge < -0.3 is 4.74 Å². The summed E-state index contributed by atoms with van der Waals surface area (Å²) < 4.78 is 5.92. The Balaban J connectivity index is 1.84. The topological polar surface area (TPSA) is 9.23 Å². The van der Waals surface area contributed by atoms with Crippen molar-refractivity contribution in [2.45, 2.75) is 50.7 Å². The average molecular weight is 152 g/mol. The van der Waals surface area contributed by atoms with Crippen LogP contribution in [0, 0.1) is 11.8 Å². The summed E-state index contributed by atoms with van der Waals surface area (Å²) in [6.07, 6.45) is 9.96. The Morgan fingerprint density at radius 3 is 1.82 bits per heavy atom. The molecule has 62 valence electrons. The second kappa shape index (κ2) is 2.22. The van der Waals surface area contributed by atoms with Gasteiger partial charge in [0.25, 0.3) is 0 Å². The van der Waals surface area contributed by atoms with Crippen LogP contribution in [0.5, 0.6) is 0 Å². The Labute approximate surface area is 68.1 Å². The van der Waals surface area contributed by atoms with E-state index < -0.39 is 0 Å². The highest BCUT2D eigenvalue weighted by molar-refractivity contribution is 4.97. The van der Waals surface area contributed by atoms with Crippen molar-refractivity contribution in [1.82, 2.24) is 0 Å². The van der Waals surface area contributed by atoms with Crippen LogP contribution in [0.2, 0.25) is 0 Å². The third-order valence-corrected chi connectivity index (χ3v) is 3.92. The minimum Gasteiger partial charge on any atom is -0.374 e. The van der Waals surface area contributed by atoms with E-state index in [9.17, 15) is 0 Å². The summed E-state index contributed by atoms with van der Waals surface area (Å²) in [6.45, 7) is 0. The highest BCUT2D eigenvalue weighted by Gasteiger charge is 2.48. The highest BCUT2D eigenvalue weighted by Crippen LogP contribution is 2.49. The lowest BCUT2D eigenvalue weighted by Crippen LogP contribution is -2.29. The van der Waals surface area contributed by atoms with E-state index in [2.05, 4.69) is 0 Å². The minimum absolute atomic E-state index is 0.685. The molecular weight excluding hydrogens is 136 g/mol. The van der Waals surface area contributed by atoms with Crippen LogP contribution in [-0.2, 0) is 4.74 Å². The molecule has 0 aromatic carbocycles. The summed E-state index contributed by atoms with van der Waals surface area (Å²) in [5, 5.41) is 0. The van der Waals surface area contributed by atoms with Crippen molar-refractivity contribution in [2.75, 3.05) is 0 Å². The molecule has 0 aromatic rings. The molecule has 1 heteroatoms. The minimum atomic E-state index is 0.685. The van der Waals surface area contributed by atoms with E-state index >= 15 is 0 Å². The molecule has 0 amide bonds. The van der Waals surface area contributed by atoms with Gasteiger partial charge >= 0.3 is 0 Å². The number of ether oxygens (including phenoxy) is 1. The van der Waals surface area contributed by atoms with Gasteiger partial charge in [0, 0.05) is 0 Å². The number of hydrogen-bond donors (Lipinski definition) is 0. The molecule has 4 atom stereocenters. The van der Waals surface area contributed by atoms with E-state index in [4.69, 9.17) is 4.74 Å². The lowest BCUT2D eigenvalue weighted by molar-refractivity contribution is 0.0876. The zero-order valence-corrected chi connectivity index (χ0v) is 6.96. The van der Waals surface area contributed by atoms with Crippen LogP contribution in [0.3, 0.4) is 0 Å². The largest absolute Gasteiger partial charge is 0.374 e. The average Bonchev–Trinajstić information content (AvgIpc) is 2.64. The first-order chi connectivity index (χ1) is 5.45. The molecule has 2 aliphatic heterocycles. The van der Waals surface area contributed by atoms with Gasteiger partial charge in [-0.2, -0.15) is 0 Å². The first-order valence-electron chi connectivity index (χ1n) is 5.10. The molecule has 2 bridgehead atoms. The molecule has 0 N–H and O–H groups in total. The van der Waals surface area contributed by atoms with E-state index in [-0.39, 0.29) is 0 Å². The van der Waals surface area contributed by atoms with Gasteiger partial charge in [0.2, 0.25) is 0 Å². The Morgan fingerprint density at radius 1 is 0.727 bits per heavy atom. The second-order valence-electron chi connectivity index (χ2n) is 4.40. The smallest absolute Gasteiger partial charge is 0.0611 e. The molecular formula is C10H16O. The van der Waals surface area contributed by atoms with Gasteiger partial charge in [-0.15, -0.1) is 0 Å². The van der Waals surface area contributed by atoms with Gasteiger partial charge in [-0.25, -0.2) is 0 Å². The summed E-state index contributed by atoms with van der Waals surface area (Å²) in [6, 6.07) is 0. The number of fused-ring (bicyclic) bond motifs is 5. The molecule has 3 fully saturated rings. The Bertz CT molecular complexity index is 148. The van der Waals surface area contributed by atoms with Crippen molar-refractivity contribution in [3.63, 3.8) is 0 Å². The Kier molecular flexibility index (Phi) is 1.31. The molecule has 0 aromatic heterocycles. The standard InChI is InChI=1S/C10H16O/c1-2-4-8-7(3-1)9-5-6-10(8)11-9/h7-10H,1-6H2/t7-,8+,9+,10-. The van der Waals surface area contributed by atoms with Crippen LogP contribution in [0.25, 0.3) is 0 Å². The summed E-state index contributed by atoms with van der Waals surface area (Å²) in [7, 11) is 0. The van der Waals surface area contributed by atoms with Crippen molar-refractivity contribution in [3.05, 3.63) is 0 Å². The van der Waals surface area contributed by atoms with Crippen molar-refractivity contribution < 1.29 is 4.74 Å². The van der Waals surface area contributed by atoms with Crippen molar-refractivity contribution in [1.29, 1.82) is 0 Å². The maximum Gasteiger partial charge on any atom is 0.0611 e. The van der Waals surface area contributed by atoms with Gasteiger partial charge in [-0.1, -0.05) is 12.8 Å². The lowest BCUT2D eigenvalue weighted by atomic mass is 9.71. The summed E-state index contributed by atoms with van der Waals surface area (Å²) >= 11 is 0. The first-order valence-corrected chi connectivity index (χ1v) is 5.10. The van der Waals surface area contributed by atoms with E-state index in [0.717, 1.165) is 11.8 Å². The fraction of sp³-hybridized carbons (Fsp3) is 1.00. The van der Waals surface area contributed by atoms with E-state index in [1.807, 2.05) is 0 Å². The molecule has 11 heavy (non-hydrogen) atoms. The third kappa shape index (κ3) is 0.807. The maximum atomic E-state index is 5.92. The van der Waals surface area contributed by atoms with Crippen LogP contribution in [0.1, 0.15) is 38.5 Å². The van der Waals surface area contributed by atoms with Crippen molar-refractivity contribution in [3.8, 4) is 0 Å². The van der Waals surface area contributed by atoms with E-state index in [1.165, 1.54) is 38.5 Å². The van der Waals surface area contributed by atoms with Crippen LogP contribution in [0.4, 0.5) is 0 Å².